The predicted octanol–water partition coefficient (Wildman–Crippen LogP) is 4.05. The van der Waals surface area contributed by atoms with Gasteiger partial charge in [0.15, 0.2) is 5.16 Å². The zero-order valence-corrected chi connectivity index (χ0v) is 17.7. The van der Waals surface area contributed by atoms with Crippen molar-refractivity contribution in [3.8, 4) is 5.69 Å². The number of thioether (sulfide) groups is 1. The molecular formula is C20H19ClN4O3S. The molecule has 0 aliphatic rings. The first kappa shape index (κ1) is 20.9. The Bertz CT molecular complexity index is 1070. The van der Waals surface area contributed by atoms with E-state index in [9.17, 15) is 9.59 Å². The van der Waals surface area contributed by atoms with E-state index in [1.807, 2.05) is 32.0 Å². The molecule has 0 fully saturated rings. The van der Waals surface area contributed by atoms with Crippen molar-refractivity contribution in [2.24, 2.45) is 0 Å². The number of carbonyl (C=O) groups excluding carboxylic acids is 2. The molecule has 150 valence electrons. The van der Waals surface area contributed by atoms with E-state index in [1.54, 1.807) is 29.1 Å². The summed E-state index contributed by atoms with van der Waals surface area (Å²) in [5.41, 5.74) is 3.56. The molecule has 2 aromatic carbocycles. The van der Waals surface area contributed by atoms with Crippen LogP contribution in [0.2, 0.25) is 5.02 Å². The Balaban J connectivity index is 1.69. The van der Waals surface area contributed by atoms with Crippen molar-refractivity contribution in [3.63, 3.8) is 0 Å². The normalized spacial score (nSPS) is 10.6. The van der Waals surface area contributed by atoms with Gasteiger partial charge < -0.3 is 10.1 Å². The number of aromatic nitrogens is 3. The van der Waals surface area contributed by atoms with Crippen LogP contribution < -0.4 is 5.32 Å². The van der Waals surface area contributed by atoms with Crippen LogP contribution in [-0.2, 0) is 9.53 Å². The van der Waals surface area contributed by atoms with Gasteiger partial charge in [0, 0.05) is 10.7 Å². The number of anilines is 1. The van der Waals surface area contributed by atoms with E-state index in [1.165, 1.54) is 18.9 Å². The molecule has 29 heavy (non-hydrogen) atoms. The summed E-state index contributed by atoms with van der Waals surface area (Å²) < 4.78 is 6.49. The molecule has 0 aliphatic heterocycles. The minimum absolute atomic E-state index is 0.125. The minimum atomic E-state index is -0.459. The number of benzene rings is 2. The lowest BCUT2D eigenvalue weighted by atomic mass is 10.1. The van der Waals surface area contributed by atoms with Gasteiger partial charge in [0.2, 0.25) is 5.91 Å². The van der Waals surface area contributed by atoms with Crippen molar-refractivity contribution < 1.29 is 14.3 Å². The number of methoxy groups -OCH3 is 1. The molecule has 3 rings (SSSR count). The number of aryl methyl sites for hydroxylation is 2. The Morgan fingerprint density at radius 1 is 1.17 bits per heavy atom. The number of nitrogens with one attached hydrogen (secondary N) is 1. The molecule has 0 bridgehead atoms. The zero-order chi connectivity index (χ0) is 21.0. The van der Waals surface area contributed by atoms with Crippen LogP contribution in [0.25, 0.3) is 5.69 Å². The number of amides is 1. The fourth-order valence-corrected chi connectivity index (χ4v) is 3.45. The summed E-state index contributed by atoms with van der Waals surface area (Å²) in [6.07, 6.45) is 1.57. The third-order valence-corrected chi connectivity index (χ3v) is 5.57. The molecule has 0 spiro atoms. The van der Waals surface area contributed by atoms with Crippen molar-refractivity contribution in [2.75, 3.05) is 18.2 Å². The fraction of sp³-hybridized carbons (Fsp3) is 0.200. The van der Waals surface area contributed by atoms with Crippen LogP contribution in [0, 0.1) is 13.8 Å². The number of nitrogens with zero attached hydrogens (tertiary/aromatic N) is 3. The molecule has 1 amide bonds. The number of hydrogen-bond acceptors (Lipinski definition) is 6. The molecule has 0 saturated heterocycles. The molecule has 9 heteroatoms. The number of esters is 1. The quantitative estimate of drug-likeness (QED) is 0.469. The first-order valence-electron chi connectivity index (χ1n) is 8.67. The van der Waals surface area contributed by atoms with Crippen molar-refractivity contribution in [1.82, 2.24) is 14.8 Å². The third-order valence-electron chi connectivity index (χ3n) is 4.22. The van der Waals surface area contributed by atoms with Crippen molar-refractivity contribution in [3.05, 3.63) is 64.4 Å². The summed E-state index contributed by atoms with van der Waals surface area (Å²) in [5.74, 6) is -0.559. The van der Waals surface area contributed by atoms with Gasteiger partial charge in [-0.25, -0.2) is 4.79 Å². The van der Waals surface area contributed by atoms with Crippen LogP contribution in [0.15, 0.2) is 47.9 Å². The van der Waals surface area contributed by atoms with Crippen LogP contribution in [0.3, 0.4) is 0 Å². The van der Waals surface area contributed by atoms with Gasteiger partial charge in [-0.15, -0.1) is 10.2 Å². The van der Waals surface area contributed by atoms with E-state index in [4.69, 9.17) is 16.3 Å². The second-order valence-corrected chi connectivity index (χ2v) is 7.62. The molecule has 1 heterocycles. The van der Waals surface area contributed by atoms with Gasteiger partial charge in [-0.05, 0) is 49.2 Å². The highest BCUT2D eigenvalue weighted by atomic mass is 35.5. The standard InChI is InChI=1S/C20H19ClN4O3S/c1-12-5-7-15(9-16(12)21)25-11-22-24-20(25)29-10-18(26)23-17-8-14(19(27)28-3)6-4-13(17)2/h4-9,11H,10H2,1-3H3,(H,23,26). The van der Waals surface area contributed by atoms with Crippen LogP contribution >= 0.6 is 23.4 Å². The summed E-state index contributed by atoms with van der Waals surface area (Å²) >= 11 is 7.45. The maximum Gasteiger partial charge on any atom is 0.337 e. The van der Waals surface area contributed by atoms with Gasteiger partial charge in [-0.3, -0.25) is 9.36 Å². The minimum Gasteiger partial charge on any atom is -0.465 e. The SMILES string of the molecule is COC(=O)c1ccc(C)c(NC(=O)CSc2nncn2-c2ccc(C)c(Cl)c2)c1. The number of halogens is 1. The highest BCUT2D eigenvalue weighted by molar-refractivity contribution is 7.99. The van der Waals surface area contributed by atoms with Gasteiger partial charge in [0.1, 0.15) is 6.33 Å². The van der Waals surface area contributed by atoms with Crippen molar-refractivity contribution in [1.29, 1.82) is 0 Å². The first-order valence-corrected chi connectivity index (χ1v) is 10.0. The molecule has 3 aromatic rings. The highest BCUT2D eigenvalue weighted by Crippen LogP contribution is 2.24. The molecule has 0 saturated carbocycles. The van der Waals surface area contributed by atoms with Crippen LogP contribution in [0.5, 0.6) is 0 Å². The second kappa shape index (κ2) is 9.11. The number of carbonyl (C=O) groups is 2. The van der Waals surface area contributed by atoms with E-state index in [0.29, 0.717) is 21.4 Å². The summed E-state index contributed by atoms with van der Waals surface area (Å²) in [5, 5.41) is 12.0. The highest BCUT2D eigenvalue weighted by Gasteiger charge is 2.13. The molecule has 0 unspecified atom stereocenters. The van der Waals surface area contributed by atoms with Crippen LogP contribution in [0.1, 0.15) is 21.5 Å². The smallest absolute Gasteiger partial charge is 0.337 e. The van der Waals surface area contributed by atoms with E-state index < -0.39 is 5.97 Å². The zero-order valence-electron chi connectivity index (χ0n) is 16.1. The Hall–Kier alpha value is -2.84. The van der Waals surface area contributed by atoms with Gasteiger partial charge >= 0.3 is 5.97 Å². The van der Waals surface area contributed by atoms with Crippen molar-refractivity contribution >= 4 is 40.9 Å². The Morgan fingerprint density at radius 2 is 1.93 bits per heavy atom. The van der Waals surface area contributed by atoms with Crippen molar-refractivity contribution in [2.45, 2.75) is 19.0 Å². The number of hydrogen-bond donors (Lipinski definition) is 1. The number of rotatable bonds is 6. The molecule has 1 N–H and O–H groups in total. The van der Waals surface area contributed by atoms with Crippen LogP contribution in [0.4, 0.5) is 5.69 Å². The Labute approximate surface area is 177 Å². The summed E-state index contributed by atoms with van der Waals surface area (Å²) in [6.45, 7) is 3.77. The van der Waals surface area contributed by atoms with Gasteiger partial charge in [-0.2, -0.15) is 0 Å². The second-order valence-electron chi connectivity index (χ2n) is 6.28. The van der Waals surface area contributed by atoms with E-state index in [2.05, 4.69) is 15.5 Å². The van der Waals surface area contributed by atoms with Gasteiger partial charge in [0.05, 0.1) is 24.1 Å². The largest absolute Gasteiger partial charge is 0.465 e. The van der Waals surface area contributed by atoms with Gasteiger partial charge in [0.25, 0.3) is 0 Å². The van der Waals surface area contributed by atoms with E-state index >= 15 is 0 Å². The maximum absolute atomic E-state index is 12.4. The lowest BCUT2D eigenvalue weighted by molar-refractivity contribution is -0.113. The molecular weight excluding hydrogens is 412 g/mol. The molecule has 0 aliphatic carbocycles. The van der Waals surface area contributed by atoms with Gasteiger partial charge in [-0.1, -0.05) is 35.5 Å². The van der Waals surface area contributed by atoms with E-state index in [-0.39, 0.29) is 11.7 Å². The number of ether oxygens (including phenoxy) is 1. The summed E-state index contributed by atoms with van der Waals surface area (Å²) in [4.78, 5) is 24.1. The first-order chi connectivity index (χ1) is 13.9. The Kier molecular flexibility index (Phi) is 6.56. The molecule has 1 aromatic heterocycles. The lowest BCUT2D eigenvalue weighted by Crippen LogP contribution is -2.16. The molecule has 0 atom stereocenters. The average molecular weight is 431 g/mol. The topological polar surface area (TPSA) is 86.1 Å². The lowest BCUT2D eigenvalue weighted by Gasteiger charge is -2.10. The molecule has 7 nitrogen and oxygen atoms in total. The predicted molar refractivity (Wildman–Crippen MR) is 113 cm³/mol. The average Bonchev–Trinajstić information content (AvgIpc) is 3.18. The monoisotopic (exact) mass is 430 g/mol. The maximum atomic E-state index is 12.4. The third kappa shape index (κ3) is 4.96. The summed E-state index contributed by atoms with van der Waals surface area (Å²) in [7, 11) is 1.31. The Morgan fingerprint density at radius 3 is 2.66 bits per heavy atom. The van der Waals surface area contributed by atoms with E-state index in [0.717, 1.165) is 16.8 Å². The van der Waals surface area contributed by atoms with Crippen LogP contribution in [-0.4, -0.2) is 39.5 Å². The summed E-state index contributed by atoms with van der Waals surface area (Å²) in [6, 6.07) is 10.7. The molecule has 0 radical (unpaired) electrons. The fourth-order valence-electron chi connectivity index (χ4n) is 2.55.